The predicted octanol–water partition coefficient (Wildman–Crippen LogP) is 2.72. The van der Waals surface area contributed by atoms with E-state index >= 15 is 0 Å². The van der Waals surface area contributed by atoms with Crippen molar-refractivity contribution in [2.24, 2.45) is 17.8 Å². The number of aliphatic carboxylic acids is 1. The molecule has 2 aliphatic heterocycles. The van der Waals surface area contributed by atoms with Crippen molar-refractivity contribution < 1.29 is 29.0 Å². The standard InChI is InChI=1S/C26H28N2O6/c1-15(25(30)31)16-10-28(11-16)24(29)22-12-33-14-23(22)27-26(32)34-13-21-19-8-4-2-6-17(19)18-7-3-5-9-20(18)21/h2-9,15-16,21-23H,10-14H2,1H3,(H,27,32)(H,30,31). The van der Waals surface area contributed by atoms with Gasteiger partial charge in [0.1, 0.15) is 6.61 Å². The SMILES string of the molecule is CC(C(=O)O)C1CN(C(=O)C2COCC2NC(=O)OCC2c3ccccc3-c3ccccc32)C1. The summed E-state index contributed by atoms with van der Waals surface area (Å²) in [6.07, 6.45) is -0.573. The summed E-state index contributed by atoms with van der Waals surface area (Å²) >= 11 is 0. The number of benzene rings is 2. The van der Waals surface area contributed by atoms with Gasteiger partial charge < -0.3 is 24.8 Å². The van der Waals surface area contributed by atoms with Crippen molar-refractivity contribution in [1.82, 2.24) is 10.2 Å². The van der Waals surface area contributed by atoms with E-state index in [4.69, 9.17) is 14.6 Å². The Morgan fingerprint density at radius 3 is 2.29 bits per heavy atom. The summed E-state index contributed by atoms with van der Waals surface area (Å²) in [6.45, 7) is 3.16. The number of ether oxygens (including phenoxy) is 2. The molecule has 0 radical (unpaired) electrons. The summed E-state index contributed by atoms with van der Waals surface area (Å²) in [5.41, 5.74) is 4.59. The third kappa shape index (κ3) is 4.03. The lowest BCUT2D eigenvalue weighted by molar-refractivity contribution is -0.152. The number of nitrogens with zero attached hydrogens (tertiary/aromatic N) is 1. The number of fused-ring (bicyclic) bond motifs is 3. The van der Waals surface area contributed by atoms with E-state index in [1.165, 1.54) is 0 Å². The van der Waals surface area contributed by atoms with Crippen LogP contribution in [0.4, 0.5) is 4.79 Å². The highest BCUT2D eigenvalue weighted by molar-refractivity contribution is 5.82. The molecule has 34 heavy (non-hydrogen) atoms. The Morgan fingerprint density at radius 2 is 1.68 bits per heavy atom. The second-order valence-corrected chi connectivity index (χ2v) is 9.35. The summed E-state index contributed by atoms with van der Waals surface area (Å²) in [4.78, 5) is 38.3. The lowest BCUT2D eigenvalue weighted by Crippen LogP contribution is -2.57. The van der Waals surface area contributed by atoms with Gasteiger partial charge in [-0.25, -0.2) is 4.79 Å². The third-order valence-corrected chi connectivity index (χ3v) is 7.36. The van der Waals surface area contributed by atoms with Crippen LogP contribution in [0.2, 0.25) is 0 Å². The molecule has 5 rings (SSSR count). The van der Waals surface area contributed by atoms with E-state index in [1.807, 2.05) is 24.3 Å². The molecule has 0 spiro atoms. The number of nitrogens with one attached hydrogen (secondary N) is 1. The van der Waals surface area contributed by atoms with E-state index in [9.17, 15) is 14.4 Å². The topological polar surface area (TPSA) is 105 Å². The highest BCUT2D eigenvalue weighted by Crippen LogP contribution is 2.44. The zero-order chi connectivity index (χ0) is 23.8. The average Bonchev–Trinajstić information content (AvgIpc) is 3.39. The molecule has 2 aromatic carbocycles. The van der Waals surface area contributed by atoms with Gasteiger partial charge in [0, 0.05) is 24.9 Å². The molecule has 3 atom stereocenters. The molecule has 2 heterocycles. The Hall–Kier alpha value is -3.39. The smallest absolute Gasteiger partial charge is 0.407 e. The van der Waals surface area contributed by atoms with Crippen LogP contribution < -0.4 is 5.32 Å². The van der Waals surface area contributed by atoms with Gasteiger partial charge in [-0.2, -0.15) is 0 Å². The zero-order valence-electron chi connectivity index (χ0n) is 19.0. The van der Waals surface area contributed by atoms with Crippen LogP contribution in [0.1, 0.15) is 24.0 Å². The third-order valence-electron chi connectivity index (χ3n) is 7.36. The molecule has 0 bridgehead atoms. The molecule has 2 aromatic rings. The predicted molar refractivity (Wildman–Crippen MR) is 123 cm³/mol. The Morgan fingerprint density at radius 1 is 1.06 bits per heavy atom. The van der Waals surface area contributed by atoms with Crippen molar-refractivity contribution in [3.05, 3.63) is 59.7 Å². The highest BCUT2D eigenvalue weighted by atomic mass is 16.5. The summed E-state index contributed by atoms with van der Waals surface area (Å²) in [5.74, 6) is -2.03. The molecule has 2 N–H and O–H groups in total. The molecule has 0 saturated carbocycles. The second-order valence-electron chi connectivity index (χ2n) is 9.35. The first-order valence-corrected chi connectivity index (χ1v) is 11.6. The maximum Gasteiger partial charge on any atom is 0.407 e. The van der Waals surface area contributed by atoms with Crippen molar-refractivity contribution in [2.75, 3.05) is 32.9 Å². The summed E-state index contributed by atoms with van der Waals surface area (Å²) < 4.78 is 11.1. The summed E-state index contributed by atoms with van der Waals surface area (Å²) in [7, 11) is 0. The largest absolute Gasteiger partial charge is 0.481 e. The maximum atomic E-state index is 12.9. The number of hydrogen-bond acceptors (Lipinski definition) is 5. The Labute approximate surface area is 197 Å². The summed E-state index contributed by atoms with van der Waals surface area (Å²) in [6, 6.07) is 15.8. The maximum absolute atomic E-state index is 12.9. The van der Waals surface area contributed by atoms with E-state index in [-0.39, 0.29) is 37.6 Å². The van der Waals surface area contributed by atoms with Gasteiger partial charge in [-0.1, -0.05) is 55.5 Å². The number of carboxylic acid groups (broad SMARTS) is 1. The monoisotopic (exact) mass is 464 g/mol. The van der Waals surface area contributed by atoms with Crippen molar-refractivity contribution in [1.29, 1.82) is 0 Å². The fourth-order valence-electron chi connectivity index (χ4n) is 5.18. The van der Waals surface area contributed by atoms with E-state index in [1.54, 1.807) is 11.8 Å². The van der Waals surface area contributed by atoms with Crippen molar-refractivity contribution in [3.8, 4) is 11.1 Å². The first-order valence-electron chi connectivity index (χ1n) is 11.6. The van der Waals surface area contributed by atoms with Crippen molar-refractivity contribution in [3.63, 3.8) is 0 Å². The first kappa shape index (κ1) is 22.4. The Balaban J connectivity index is 1.17. The van der Waals surface area contributed by atoms with Crippen molar-refractivity contribution >= 4 is 18.0 Å². The van der Waals surface area contributed by atoms with Gasteiger partial charge in [0.2, 0.25) is 5.91 Å². The number of rotatable bonds is 6. The normalized spacial score (nSPS) is 22.4. The Bertz CT molecular complexity index is 1070. The summed E-state index contributed by atoms with van der Waals surface area (Å²) in [5, 5.41) is 12.0. The second kappa shape index (κ2) is 9.10. The van der Waals surface area contributed by atoms with E-state index in [0.29, 0.717) is 13.1 Å². The molecule has 2 amide bonds. The van der Waals surface area contributed by atoms with Gasteiger partial charge in [0.05, 0.1) is 31.1 Å². The van der Waals surface area contributed by atoms with E-state index in [0.717, 1.165) is 22.3 Å². The molecular weight excluding hydrogens is 436 g/mol. The number of alkyl carbamates (subject to hydrolysis) is 1. The highest BCUT2D eigenvalue weighted by Gasteiger charge is 2.44. The van der Waals surface area contributed by atoms with E-state index < -0.39 is 29.9 Å². The van der Waals surface area contributed by atoms with Gasteiger partial charge in [-0.15, -0.1) is 0 Å². The lowest BCUT2D eigenvalue weighted by Gasteiger charge is -2.42. The molecule has 0 aromatic heterocycles. The number of amides is 2. The van der Waals surface area contributed by atoms with Crippen LogP contribution in [-0.4, -0.2) is 66.9 Å². The molecule has 3 unspecified atom stereocenters. The van der Waals surface area contributed by atoms with Crippen molar-refractivity contribution in [2.45, 2.75) is 18.9 Å². The molecule has 1 aliphatic carbocycles. The van der Waals surface area contributed by atoms with Crippen LogP contribution in [0, 0.1) is 17.8 Å². The van der Waals surface area contributed by atoms with E-state index in [2.05, 4.69) is 29.6 Å². The van der Waals surface area contributed by atoms with Crippen LogP contribution in [0.3, 0.4) is 0 Å². The molecule has 2 saturated heterocycles. The van der Waals surface area contributed by atoms with Crippen LogP contribution in [0.15, 0.2) is 48.5 Å². The quantitative estimate of drug-likeness (QED) is 0.681. The van der Waals surface area contributed by atoms with Gasteiger partial charge >= 0.3 is 12.1 Å². The number of carbonyl (C=O) groups excluding carboxylic acids is 2. The molecular formula is C26H28N2O6. The minimum absolute atomic E-state index is 0.0374. The van der Waals surface area contributed by atoms with Gasteiger partial charge in [0.15, 0.2) is 0 Å². The number of likely N-dealkylation sites (tertiary alicyclic amines) is 1. The molecule has 8 heteroatoms. The minimum atomic E-state index is -0.851. The molecule has 3 aliphatic rings. The number of carbonyl (C=O) groups is 3. The van der Waals surface area contributed by atoms with Crippen LogP contribution in [0.25, 0.3) is 11.1 Å². The first-order chi connectivity index (χ1) is 16.4. The van der Waals surface area contributed by atoms with Gasteiger partial charge in [0.25, 0.3) is 0 Å². The van der Waals surface area contributed by atoms with Crippen LogP contribution >= 0.6 is 0 Å². The fraction of sp³-hybridized carbons (Fsp3) is 0.423. The zero-order valence-corrected chi connectivity index (χ0v) is 19.0. The lowest BCUT2D eigenvalue weighted by atomic mass is 9.85. The number of hydrogen-bond donors (Lipinski definition) is 2. The molecule has 178 valence electrons. The Kier molecular flexibility index (Phi) is 6.00. The average molecular weight is 465 g/mol. The number of carboxylic acids is 1. The molecule has 2 fully saturated rings. The molecule has 8 nitrogen and oxygen atoms in total. The fourth-order valence-corrected chi connectivity index (χ4v) is 5.18. The van der Waals surface area contributed by atoms with Crippen LogP contribution in [0.5, 0.6) is 0 Å². The minimum Gasteiger partial charge on any atom is -0.481 e. The van der Waals surface area contributed by atoms with Gasteiger partial charge in [-0.05, 0) is 22.3 Å². The van der Waals surface area contributed by atoms with Gasteiger partial charge in [-0.3, -0.25) is 9.59 Å². The van der Waals surface area contributed by atoms with Crippen LogP contribution in [-0.2, 0) is 19.1 Å².